The third-order valence-electron chi connectivity index (χ3n) is 4.90. The van der Waals surface area contributed by atoms with E-state index in [4.69, 9.17) is 11.5 Å². The Hall–Kier alpha value is -4.21. The van der Waals surface area contributed by atoms with Gasteiger partial charge >= 0.3 is 0 Å². The number of nitro groups is 1. The summed E-state index contributed by atoms with van der Waals surface area (Å²) in [5.41, 5.74) is 14.6. The molecule has 152 valence electrons. The van der Waals surface area contributed by atoms with Crippen LogP contribution in [-0.4, -0.2) is 27.5 Å². The molecule has 2 aromatic carbocycles. The minimum absolute atomic E-state index is 0.0760. The van der Waals surface area contributed by atoms with Crippen LogP contribution in [0.25, 0.3) is 10.9 Å². The Morgan fingerprint density at radius 3 is 2.77 bits per heavy atom. The minimum atomic E-state index is -0.481. The number of rotatable bonds is 4. The van der Waals surface area contributed by atoms with Gasteiger partial charge in [0.25, 0.3) is 11.6 Å². The molecule has 6 N–H and O–H groups in total. The van der Waals surface area contributed by atoms with Gasteiger partial charge < -0.3 is 21.8 Å². The van der Waals surface area contributed by atoms with E-state index in [1.165, 1.54) is 6.07 Å². The minimum Gasteiger partial charge on any atom is -0.369 e. The fourth-order valence-corrected chi connectivity index (χ4v) is 3.58. The highest BCUT2D eigenvalue weighted by Crippen LogP contribution is 2.27. The fraction of sp³-hybridized carbons (Fsp3) is 0.150. The van der Waals surface area contributed by atoms with E-state index in [2.05, 4.69) is 20.5 Å². The molecular formula is C20H19N7O3. The van der Waals surface area contributed by atoms with Crippen LogP contribution >= 0.6 is 0 Å². The number of anilines is 1. The number of fused-ring (bicyclic) bond motifs is 2. The Morgan fingerprint density at radius 2 is 2.00 bits per heavy atom. The second-order valence-corrected chi connectivity index (χ2v) is 6.93. The number of nitrogens with two attached hydrogens (primary N) is 2. The standard InChI is InChI=1S/C20H19N7O3/c21-20(22)26-25-15-5-1-3-11-9-13(7-8-14(11)15)23-19(28)16-10-12-4-2-6-17(27(29)30)18(12)24-16/h2,4,6-10,24H,1,3,5H2,(H,23,28)(H4,21,22,26)/b25-15+. The van der Waals surface area contributed by atoms with E-state index in [1.54, 1.807) is 24.3 Å². The molecular weight excluding hydrogens is 386 g/mol. The monoisotopic (exact) mass is 405 g/mol. The second-order valence-electron chi connectivity index (χ2n) is 6.93. The number of amides is 1. The summed E-state index contributed by atoms with van der Waals surface area (Å²) in [6, 6.07) is 11.8. The van der Waals surface area contributed by atoms with Crippen molar-refractivity contribution in [2.75, 3.05) is 5.32 Å². The lowest BCUT2D eigenvalue weighted by molar-refractivity contribution is -0.383. The van der Waals surface area contributed by atoms with Gasteiger partial charge in [-0.2, -0.15) is 5.10 Å². The van der Waals surface area contributed by atoms with Gasteiger partial charge in [0, 0.05) is 22.7 Å². The largest absolute Gasteiger partial charge is 0.369 e. The molecule has 0 unspecified atom stereocenters. The topological polar surface area (TPSA) is 165 Å². The normalized spacial score (nSPS) is 14.3. The van der Waals surface area contributed by atoms with Crippen LogP contribution in [0.5, 0.6) is 0 Å². The molecule has 0 spiro atoms. The molecule has 30 heavy (non-hydrogen) atoms. The number of nitrogens with one attached hydrogen (secondary N) is 2. The highest BCUT2D eigenvalue weighted by Gasteiger charge is 2.19. The molecule has 0 saturated carbocycles. The fourth-order valence-electron chi connectivity index (χ4n) is 3.58. The highest BCUT2D eigenvalue weighted by molar-refractivity contribution is 6.08. The molecule has 10 nitrogen and oxygen atoms in total. The first kappa shape index (κ1) is 19.1. The Labute approximate surface area is 170 Å². The van der Waals surface area contributed by atoms with Crippen LogP contribution in [0.3, 0.4) is 0 Å². The molecule has 1 aromatic heterocycles. The maximum atomic E-state index is 12.7. The summed E-state index contributed by atoms with van der Waals surface area (Å²) in [4.78, 5) is 26.2. The van der Waals surface area contributed by atoms with Crippen molar-refractivity contribution < 1.29 is 9.72 Å². The molecule has 3 aromatic rings. The lowest BCUT2D eigenvalue weighted by atomic mass is 9.90. The Kier molecular flexibility index (Phi) is 4.88. The zero-order valence-corrected chi connectivity index (χ0v) is 15.9. The Morgan fingerprint density at radius 1 is 1.17 bits per heavy atom. The molecule has 1 aliphatic rings. The van der Waals surface area contributed by atoms with Crippen LogP contribution in [0.2, 0.25) is 0 Å². The second kappa shape index (κ2) is 7.66. The van der Waals surface area contributed by atoms with E-state index in [9.17, 15) is 14.9 Å². The first-order valence-corrected chi connectivity index (χ1v) is 9.28. The van der Waals surface area contributed by atoms with Crippen molar-refractivity contribution in [2.24, 2.45) is 21.7 Å². The van der Waals surface area contributed by atoms with Gasteiger partial charge in [0.05, 0.1) is 10.6 Å². The van der Waals surface area contributed by atoms with Crippen molar-refractivity contribution in [1.82, 2.24) is 4.98 Å². The summed E-state index contributed by atoms with van der Waals surface area (Å²) in [5, 5.41) is 22.5. The molecule has 10 heteroatoms. The summed E-state index contributed by atoms with van der Waals surface area (Å²) in [6.45, 7) is 0. The molecule has 0 bridgehead atoms. The van der Waals surface area contributed by atoms with E-state index in [0.717, 1.165) is 36.1 Å². The van der Waals surface area contributed by atoms with E-state index < -0.39 is 4.92 Å². The van der Waals surface area contributed by atoms with Gasteiger partial charge in [0.1, 0.15) is 11.2 Å². The number of aryl methyl sites for hydroxylation is 1. The predicted molar refractivity (Wildman–Crippen MR) is 115 cm³/mol. The van der Waals surface area contributed by atoms with Crippen molar-refractivity contribution in [3.8, 4) is 0 Å². The van der Waals surface area contributed by atoms with Crippen LogP contribution in [0, 0.1) is 10.1 Å². The van der Waals surface area contributed by atoms with Gasteiger partial charge in [0.2, 0.25) is 5.96 Å². The Bertz CT molecular complexity index is 1220. The smallest absolute Gasteiger partial charge is 0.293 e. The average Bonchev–Trinajstić information content (AvgIpc) is 3.16. The zero-order valence-electron chi connectivity index (χ0n) is 15.9. The molecule has 0 radical (unpaired) electrons. The van der Waals surface area contributed by atoms with E-state index in [0.29, 0.717) is 16.6 Å². The van der Waals surface area contributed by atoms with Crippen molar-refractivity contribution in [3.05, 3.63) is 69.4 Å². The van der Waals surface area contributed by atoms with Crippen molar-refractivity contribution in [3.63, 3.8) is 0 Å². The van der Waals surface area contributed by atoms with Gasteiger partial charge in [-0.3, -0.25) is 14.9 Å². The number of hydrogen-bond acceptors (Lipinski definition) is 5. The van der Waals surface area contributed by atoms with Crippen molar-refractivity contribution in [2.45, 2.75) is 19.3 Å². The number of carbonyl (C=O) groups is 1. The van der Waals surface area contributed by atoms with E-state index in [-0.39, 0.29) is 23.2 Å². The average molecular weight is 405 g/mol. The zero-order chi connectivity index (χ0) is 21.3. The number of benzene rings is 2. The van der Waals surface area contributed by atoms with E-state index >= 15 is 0 Å². The summed E-state index contributed by atoms with van der Waals surface area (Å²) < 4.78 is 0. The summed E-state index contributed by atoms with van der Waals surface area (Å²) >= 11 is 0. The van der Waals surface area contributed by atoms with Crippen molar-refractivity contribution >= 4 is 39.9 Å². The number of H-pyrrole nitrogens is 1. The van der Waals surface area contributed by atoms with Gasteiger partial charge in [-0.1, -0.05) is 18.2 Å². The lowest BCUT2D eigenvalue weighted by Crippen LogP contribution is -2.22. The number of non-ortho nitro benzene ring substituents is 1. The Balaban J connectivity index is 1.59. The summed E-state index contributed by atoms with van der Waals surface area (Å²) in [7, 11) is 0. The van der Waals surface area contributed by atoms with Crippen LogP contribution in [0.1, 0.15) is 34.5 Å². The molecule has 1 heterocycles. The van der Waals surface area contributed by atoms with Crippen LogP contribution in [0.4, 0.5) is 11.4 Å². The third kappa shape index (κ3) is 3.70. The summed E-state index contributed by atoms with van der Waals surface area (Å²) in [5.74, 6) is -0.484. The number of guanidine groups is 1. The third-order valence-corrected chi connectivity index (χ3v) is 4.90. The number of hydrogen-bond donors (Lipinski definition) is 4. The van der Waals surface area contributed by atoms with Gasteiger partial charge in [0.15, 0.2) is 0 Å². The molecule has 0 atom stereocenters. The van der Waals surface area contributed by atoms with Gasteiger partial charge in [-0.25, -0.2) is 0 Å². The van der Waals surface area contributed by atoms with Crippen molar-refractivity contribution in [1.29, 1.82) is 0 Å². The predicted octanol–water partition coefficient (Wildman–Crippen LogP) is 2.64. The molecule has 1 aliphatic carbocycles. The highest BCUT2D eigenvalue weighted by atomic mass is 16.6. The summed E-state index contributed by atoms with van der Waals surface area (Å²) in [6.07, 6.45) is 2.51. The van der Waals surface area contributed by atoms with Gasteiger partial charge in [-0.15, -0.1) is 5.10 Å². The number of aromatic nitrogens is 1. The first-order valence-electron chi connectivity index (χ1n) is 9.28. The quantitative estimate of drug-likeness (QED) is 0.226. The number of nitro benzene ring substituents is 1. The number of carbonyl (C=O) groups excluding carboxylic acids is 1. The van der Waals surface area contributed by atoms with Crippen LogP contribution in [0.15, 0.2) is 52.7 Å². The lowest BCUT2D eigenvalue weighted by Gasteiger charge is -2.18. The van der Waals surface area contributed by atoms with Crippen LogP contribution < -0.4 is 16.8 Å². The number of para-hydroxylation sites is 1. The maximum absolute atomic E-state index is 12.7. The molecule has 4 rings (SSSR count). The molecule has 0 aliphatic heterocycles. The first-order chi connectivity index (χ1) is 14.4. The van der Waals surface area contributed by atoms with E-state index in [1.807, 2.05) is 12.1 Å². The molecule has 0 saturated heterocycles. The van der Waals surface area contributed by atoms with Crippen LogP contribution in [-0.2, 0) is 6.42 Å². The molecule has 1 amide bonds. The number of aromatic amines is 1. The maximum Gasteiger partial charge on any atom is 0.293 e. The van der Waals surface area contributed by atoms with Gasteiger partial charge in [-0.05, 0) is 43.0 Å². The SMILES string of the molecule is NC(N)=N/N=C1\CCCc2cc(NC(=O)c3cc4cccc([N+](=O)[O-])c4[nH]3)ccc21. The number of nitrogens with zero attached hydrogens (tertiary/aromatic N) is 3. The molecule has 0 fully saturated rings.